The molecule has 4 nitrogen and oxygen atoms in total. The largest absolute Gasteiger partial charge is 0.243 e. The SMILES string of the molecule is CCN(CC(C)C#N)S(=O)(=O)c1ccc(F)c(F)c1. The van der Waals surface area contributed by atoms with Gasteiger partial charge in [0.05, 0.1) is 16.9 Å². The highest BCUT2D eigenvalue weighted by Gasteiger charge is 2.25. The summed E-state index contributed by atoms with van der Waals surface area (Å²) in [6, 6.07) is 4.35. The zero-order valence-corrected chi connectivity index (χ0v) is 11.4. The molecular weight excluding hydrogens is 274 g/mol. The Bertz CT molecular complexity index is 596. The van der Waals surface area contributed by atoms with Crippen molar-refractivity contribution in [3.8, 4) is 6.07 Å². The summed E-state index contributed by atoms with van der Waals surface area (Å²) in [6.07, 6.45) is 0. The molecule has 0 saturated carbocycles. The number of sulfonamides is 1. The lowest BCUT2D eigenvalue weighted by Crippen LogP contribution is -2.34. The van der Waals surface area contributed by atoms with E-state index < -0.39 is 27.6 Å². The van der Waals surface area contributed by atoms with Gasteiger partial charge in [-0.2, -0.15) is 9.57 Å². The van der Waals surface area contributed by atoms with Crippen LogP contribution in [0.1, 0.15) is 13.8 Å². The van der Waals surface area contributed by atoms with E-state index in [0.29, 0.717) is 6.07 Å². The van der Waals surface area contributed by atoms with E-state index in [0.717, 1.165) is 16.4 Å². The van der Waals surface area contributed by atoms with E-state index in [1.807, 2.05) is 6.07 Å². The van der Waals surface area contributed by atoms with Gasteiger partial charge in [0.2, 0.25) is 10.0 Å². The normalized spacial score (nSPS) is 13.3. The smallest absolute Gasteiger partial charge is 0.207 e. The minimum Gasteiger partial charge on any atom is -0.207 e. The van der Waals surface area contributed by atoms with Crippen molar-refractivity contribution in [3.63, 3.8) is 0 Å². The average molecular weight is 288 g/mol. The van der Waals surface area contributed by atoms with Crippen molar-refractivity contribution in [2.45, 2.75) is 18.7 Å². The van der Waals surface area contributed by atoms with Crippen molar-refractivity contribution >= 4 is 10.0 Å². The Morgan fingerprint density at radius 2 is 2.00 bits per heavy atom. The van der Waals surface area contributed by atoms with E-state index >= 15 is 0 Å². The molecule has 0 aliphatic rings. The third kappa shape index (κ3) is 3.49. The van der Waals surface area contributed by atoms with E-state index in [1.54, 1.807) is 13.8 Å². The summed E-state index contributed by atoms with van der Waals surface area (Å²) in [5, 5.41) is 8.71. The van der Waals surface area contributed by atoms with Crippen molar-refractivity contribution in [1.82, 2.24) is 4.31 Å². The highest BCUT2D eigenvalue weighted by molar-refractivity contribution is 7.89. The van der Waals surface area contributed by atoms with Gasteiger partial charge in [-0.3, -0.25) is 0 Å². The van der Waals surface area contributed by atoms with E-state index in [2.05, 4.69) is 0 Å². The Balaban J connectivity index is 3.14. The molecule has 0 saturated heterocycles. The van der Waals surface area contributed by atoms with Gasteiger partial charge in [-0.15, -0.1) is 0 Å². The first-order valence-electron chi connectivity index (χ1n) is 5.67. The first-order valence-corrected chi connectivity index (χ1v) is 7.11. The third-order valence-electron chi connectivity index (χ3n) is 2.58. The molecule has 0 heterocycles. The van der Waals surface area contributed by atoms with Crippen molar-refractivity contribution < 1.29 is 17.2 Å². The molecule has 0 aliphatic carbocycles. The van der Waals surface area contributed by atoms with Crippen LogP contribution in [0.3, 0.4) is 0 Å². The van der Waals surface area contributed by atoms with Crippen LogP contribution >= 0.6 is 0 Å². The Hall–Kier alpha value is -1.52. The van der Waals surface area contributed by atoms with Gasteiger partial charge in [-0.1, -0.05) is 6.92 Å². The lowest BCUT2D eigenvalue weighted by atomic mass is 10.2. The van der Waals surface area contributed by atoms with Crippen LogP contribution in [-0.2, 0) is 10.0 Å². The van der Waals surface area contributed by atoms with Crippen molar-refractivity contribution in [1.29, 1.82) is 5.26 Å². The summed E-state index contributed by atoms with van der Waals surface area (Å²) in [4.78, 5) is -0.321. The number of hydrogen-bond donors (Lipinski definition) is 0. The van der Waals surface area contributed by atoms with Gasteiger partial charge in [0.15, 0.2) is 11.6 Å². The first kappa shape index (κ1) is 15.5. The molecule has 1 atom stereocenters. The Labute approximate surface area is 111 Å². The Kier molecular flexibility index (Phi) is 4.97. The number of hydrogen-bond acceptors (Lipinski definition) is 3. The molecule has 104 valence electrons. The minimum atomic E-state index is -3.92. The van der Waals surface area contributed by atoms with E-state index in [1.165, 1.54) is 0 Å². The van der Waals surface area contributed by atoms with Crippen LogP contribution in [0.15, 0.2) is 23.1 Å². The van der Waals surface area contributed by atoms with E-state index in [-0.39, 0.29) is 18.0 Å². The van der Waals surface area contributed by atoms with E-state index in [9.17, 15) is 17.2 Å². The zero-order chi connectivity index (χ0) is 14.6. The summed E-state index contributed by atoms with van der Waals surface area (Å²) in [5.74, 6) is -2.81. The second-order valence-corrected chi connectivity index (χ2v) is 6.00. The summed E-state index contributed by atoms with van der Waals surface area (Å²) >= 11 is 0. The number of halogens is 2. The van der Waals surface area contributed by atoms with Gasteiger partial charge >= 0.3 is 0 Å². The second kappa shape index (κ2) is 6.08. The molecule has 1 rings (SSSR count). The molecule has 7 heteroatoms. The van der Waals surface area contributed by atoms with Gasteiger partial charge in [-0.05, 0) is 25.1 Å². The third-order valence-corrected chi connectivity index (χ3v) is 4.52. The summed E-state index contributed by atoms with van der Waals surface area (Å²) in [5.41, 5.74) is 0. The average Bonchev–Trinajstić information content (AvgIpc) is 2.38. The Morgan fingerprint density at radius 1 is 1.37 bits per heavy atom. The van der Waals surface area contributed by atoms with Crippen molar-refractivity contribution in [2.75, 3.05) is 13.1 Å². The van der Waals surface area contributed by atoms with Gasteiger partial charge in [0.1, 0.15) is 0 Å². The zero-order valence-electron chi connectivity index (χ0n) is 10.6. The van der Waals surface area contributed by atoms with Crippen LogP contribution in [0.4, 0.5) is 8.78 Å². The van der Waals surface area contributed by atoms with Crippen LogP contribution in [0, 0.1) is 28.9 Å². The molecule has 1 unspecified atom stereocenters. The summed E-state index contributed by atoms with van der Waals surface area (Å²) in [7, 11) is -3.92. The van der Waals surface area contributed by atoms with Crippen molar-refractivity contribution in [3.05, 3.63) is 29.8 Å². The van der Waals surface area contributed by atoms with Crippen LogP contribution < -0.4 is 0 Å². The topological polar surface area (TPSA) is 61.2 Å². The summed E-state index contributed by atoms with van der Waals surface area (Å²) in [6.45, 7) is 3.35. The molecule has 0 amide bonds. The highest BCUT2D eigenvalue weighted by Crippen LogP contribution is 2.19. The van der Waals surface area contributed by atoms with Gasteiger partial charge < -0.3 is 0 Å². The highest BCUT2D eigenvalue weighted by atomic mass is 32.2. The van der Waals surface area contributed by atoms with Crippen LogP contribution in [-0.4, -0.2) is 25.8 Å². The fourth-order valence-corrected chi connectivity index (χ4v) is 3.08. The van der Waals surface area contributed by atoms with E-state index in [4.69, 9.17) is 5.26 Å². The summed E-state index contributed by atoms with van der Waals surface area (Å²) < 4.78 is 51.4. The minimum absolute atomic E-state index is 0.00826. The van der Waals surface area contributed by atoms with Gasteiger partial charge in [0, 0.05) is 13.1 Å². The van der Waals surface area contributed by atoms with Gasteiger partial charge in [0.25, 0.3) is 0 Å². The lowest BCUT2D eigenvalue weighted by molar-refractivity contribution is 0.399. The molecule has 19 heavy (non-hydrogen) atoms. The molecule has 1 aromatic rings. The molecule has 0 radical (unpaired) electrons. The molecule has 0 bridgehead atoms. The molecule has 0 N–H and O–H groups in total. The molecule has 0 spiro atoms. The number of nitrogens with zero attached hydrogens (tertiary/aromatic N) is 2. The Morgan fingerprint density at radius 3 is 2.47 bits per heavy atom. The maximum Gasteiger partial charge on any atom is 0.243 e. The molecule has 0 aromatic heterocycles. The number of nitriles is 1. The monoisotopic (exact) mass is 288 g/mol. The van der Waals surface area contributed by atoms with Gasteiger partial charge in [-0.25, -0.2) is 17.2 Å². The number of rotatable bonds is 5. The predicted molar refractivity (Wildman–Crippen MR) is 65.6 cm³/mol. The fourth-order valence-electron chi connectivity index (χ4n) is 1.53. The maximum atomic E-state index is 13.1. The van der Waals surface area contributed by atoms with Crippen molar-refractivity contribution in [2.24, 2.45) is 5.92 Å². The maximum absolute atomic E-state index is 13.1. The lowest BCUT2D eigenvalue weighted by Gasteiger charge is -2.21. The molecule has 0 fully saturated rings. The second-order valence-electron chi connectivity index (χ2n) is 4.06. The molecule has 1 aromatic carbocycles. The number of benzene rings is 1. The van der Waals surface area contributed by atoms with Crippen LogP contribution in [0.25, 0.3) is 0 Å². The molecular formula is C12H14F2N2O2S. The molecule has 0 aliphatic heterocycles. The standard InChI is InChI=1S/C12H14F2N2O2S/c1-3-16(8-9(2)7-15)19(17,18)10-4-5-11(13)12(14)6-10/h4-6,9H,3,8H2,1-2H3. The predicted octanol–water partition coefficient (Wildman–Crippen LogP) is 2.14. The quantitative estimate of drug-likeness (QED) is 0.834. The fraction of sp³-hybridized carbons (Fsp3) is 0.417. The van der Waals surface area contributed by atoms with Crippen LogP contribution in [0.2, 0.25) is 0 Å². The first-order chi connectivity index (χ1) is 8.82. The van der Waals surface area contributed by atoms with Crippen LogP contribution in [0.5, 0.6) is 0 Å².